The van der Waals surface area contributed by atoms with Gasteiger partial charge in [0.2, 0.25) is 5.91 Å². The van der Waals surface area contributed by atoms with E-state index in [1.807, 2.05) is 0 Å². The molecule has 0 saturated carbocycles. The number of rotatable bonds is 3. The van der Waals surface area contributed by atoms with Crippen molar-refractivity contribution in [3.05, 3.63) is 29.8 Å². The van der Waals surface area contributed by atoms with E-state index in [4.69, 9.17) is 10.4 Å². The fourth-order valence-corrected chi connectivity index (χ4v) is 1.26. The average Bonchev–Trinajstić information content (AvgIpc) is 2.26. The molecule has 2 atom stereocenters. The third kappa shape index (κ3) is 3.05. The van der Waals surface area contributed by atoms with Crippen LogP contribution in [0.5, 0.6) is 0 Å². The molecule has 5 nitrogen and oxygen atoms in total. The number of benzene rings is 1. The first-order chi connectivity index (χ1) is 7.54. The van der Waals surface area contributed by atoms with Crippen molar-refractivity contribution in [1.82, 2.24) is 0 Å². The molecule has 5 heteroatoms. The SMILES string of the molecule is CC(=O)Nc1cccc(C(O)C(O)C#N)c1. The highest BCUT2D eigenvalue weighted by Crippen LogP contribution is 2.20. The Hall–Kier alpha value is -1.90. The maximum atomic E-state index is 10.8. The molecular formula is C11H12N2O3. The highest BCUT2D eigenvalue weighted by atomic mass is 16.3. The fraction of sp³-hybridized carbons (Fsp3) is 0.273. The van der Waals surface area contributed by atoms with Crippen molar-refractivity contribution in [3.63, 3.8) is 0 Å². The summed E-state index contributed by atoms with van der Waals surface area (Å²) < 4.78 is 0. The number of hydrogen-bond donors (Lipinski definition) is 3. The number of nitrogens with one attached hydrogen (secondary N) is 1. The molecule has 0 bridgehead atoms. The Balaban J connectivity index is 2.90. The summed E-state index contributed by atoms with van der Waals surface area (Å²) in [7, 11) is 0. The van der Waals surface area contributed by atoms with Gasteiger partial charge in [-0.25, -0.2) is 0 Å². The Morgan fingerprint density at radius 3 is 2.75 bits per heavy atom. The lowest BCUT2D eigenvalue weighted by atomic mass is 10.0. The van der Waals surface area contributed by atoms with E-state index >= 15 is 0 Å². The largest absolute Gasteiger partial charge is 0.385 e. The lowest BCUT2D eigenvalue weighted by Gasteiger charge is -2.13. The van der Waals surface area contributed by atoms with Crippen LogP contribution in [0.1, 0.15) is 18.6 Å². The molecule has 1 rings (SSSR count). The summed E-state index contributed by atoms with van der Waals surface area (Å²) in [5.41, 5.74) is 0.884. The third-order valence-electron chi connectivity index (χ3n) is 1.98. The van der Waals surface area contributed by atoms with Gasteiger partial charge in [0.15, 0.2) is 6.10 Å². The maximum absolute atomic E-state index is 10.8. The van der Waals surface area contributed by atoms with Gasteiger partial charge < -0.3 is 15.5 Å². The number of carbonyl (C=O) groups excluding carboxylic acids is 1. The first-order valence-corrected chi connectivity index (χ1v) is 4.68. The number of amides is 1. The molecule has 1 aromatic carbocycles. The number of aliphatic hydroxyl groups is 2. The van der Waals surface area contributed by atoms with Crippen molar-refractivity contribution >= 4 is 11.6 Å². The molecule has 0 heterocycles. The van der Waals surface area contributed by atoms with E-state index in [0.29, 0.717) is 11.3 Å². The Morgan fingerprint density at radius 2 is 2.19 bits per heavy atom. The summed E-state index contributed by atoms with van der Waals surface area (Å²) in [4.78, 5) is 10.8. The van der Waals surface area contributed by atoms with Gasteiger partial charge in [-0.05, 0) is 17.7 Å². The predicted octanol–water partition coefficient (Wildman–Crippen LogP) is 0.563. The molecule has 0 radical (unpaired) electrons. The molecule has 0 aliphatic heterocycles. The Labute approximate surface area is 92.9 Å². The third-order valence-corrected chi connectivity index (χ3v) is 1.98. The summed E-state index contributed by atoms with van der Waals surface area (Å²) in [5, 5.41) is 29.7. The van der Waals surface area contributed by atoms with Crippen LogP contribution >= 0.6 is 0 Å². The fourth-order valence-electron chi connectivity index (χ4n) is 1.26. The van der Waals surface area contributed by atoms with E-state index in [2.05, 4.69) is 5.32 Å². The molecule has 1 aromatic rings. The van der Waals surface area contributed by atoms with Crippen LogP contribution in [-0.4, -0.2) is 22.2 Å². The molecule has 2 unspecified atom stereocenters. The first kappa shape index (κ1) is 12.2. The van der Waals surface area contributed by atoms with Crippen LogP contribution in [0.25, 0.3) is 0 Å². The summed E-state index contributed by atoms with van der Waals surface area (Å²) in [6.07, 6.45) is -2.76. The van der Waals surface area contributed by atoms with E-state index in [9.17, 15) is 9.90 Å². The number of hydrogen-bond acceptors (Lipinski definition) is 4. The Bertz CT molecular complexity index is 425. The van der Waals surface area contributed by atoms with Crippen molar-refractivity contribution in [2.75, 3.05) is 5.32 Å². The lowest BCUT2D eigenvalue weighted by Crippen LogP contribution is -2.16. The minimum atomic E-state index is -1.48. The quantitative estimate of drug-likeness (QED) is 0.649. The molecule has 16 heavy (non-hydrogen) atoms. The van der Waals surface area contributed by atoms with Gasteiger partial charge >= 0.3 is 0 Å². The average molecular weight is 220 g/mol. The maximum Gasteiger partial charge on any atom is 0.221 e. The number of nitrogens with zero attached hydrogens (tertiary/aromatic N) is 1. The molecule has 84 valence electrons. The highest BCUT2D eigenvalue weighted by Gasteiger charge is 2.17. The van der Waals surface area contributed by atoms with Gasteiger partial charge in [0, 0.05) is 12.6 Å². The van der Waals surface area contributed by atoms with Crippen LogP contribution < -0.4 is 5.32 Å². The zero-order valence-corrected chi connectivity index (χ0v) is 8.71. The molecule has 1 amide bonds. The van der Waals surface area contributed by atoms with E-state index in [-0.39, 0.29) is 5.91 Å². The van der Waals surface area contributed by atoms with Crippen molar-refractivity contribution in [3.8, 4) is 6.07 Å². The van der Waals surface area contributed by atoms with Gasteiger partial charge in [0.25, 0.3) is 0 Å². The highest BCUT2D eigenvalue weighted by molar-refractivity contribution is 5.88. The van der Waals surface area contributed by atoms with E-state index in [1.165, 1.54) is 13.0 Å². The second-order valence-corrected chi connectivity index (χ2v) is 3.33. The predicted molar refractivity (Wildman–Crippen MR) is 57.3 cm³/mol. The van der Waals surface area contributed by atoms with Crippen molar-refractivity contribution in [2.45, 2.75) is 19.1 Å². The van der Waals surface area contributed by atoms with Crippen molar-refractivity contribution in [2.24, 2.45) is 0 Å². The molecule has 0 saturated heterocycles. The van der Waals surface area contributed by atoms with Crippen molar-refractivity contribution in [1.29, 1.82) is 5.26 Å². The lowest BCUT2D eigenvalue weighted by molar-refractivity contribution is -0.114. The van der Waals surface area contributed by atoms with E-state index < -0.39 is 12.2 Å². The monoisotopic (exact) mass is 220 g/mol. The minimum Gasteiger partial charge on any atom is -0.385 e. The van der Waals surface area contributed by atoms with Gasteiger partial charge in [-0.1, -0.05) is 12.1 Å². The van der Waals surface area contributed by atoms with Gasteiger partial charge in [-0.2, -0.15) is 5.26 Å². The van der Waals surface area contributed by atoms with Gasteiger partial charge in [0.05, 0.1) is 6.07 Å². The molecule has 0 spiro atoms. The normalized spacial score (nSPS) is 13.6. The van der Waals surface area contributed by atoms with Gasteiger partial charge in [0.1, 0.15) is 6.10 Å². The number of carbonyl (C=O) groups is 1. The molecule has 0 aromatic heterocycles. The Morgan fingerprint density at radius 1 is 1.50 bits per heavy atom. The zero-order valence-electron chi connectivity index (χ0n) is 8.71. The van der Waals surface area contributed by atoms with Crippen LogP contribution in [0.4, 0.5) is 5.69 Å². The van der Waals surface area contributed by atoms with Crippen LogP contribution in [0.15, 0.2) is 24.3 Å². The summed E-state index contributed by atoms with van der Waals surface area (Å²) in [6, 6.07) is 7.88. The molecule has 0 aliphatic carbocycles. The number of nitriles is 1. The second-order valence-electron chi connectivity index (χ2n) is 3.33. The zero-order chi connectivity index (χ0) is 12.1. The van der Waals surface area contributed by atoms with E-state index in [1.54, 1.807) is 24.3 Å². The molecule has 0 fully saturated rings. The van der Waals surface area contributed by atoms with E-state index in [0.717, 1.165) is 0 Å². The summed E-state index contributed by atoms with van der Waals surface area (Å²) in [6.45, 7) is 1.37. The summed E-state index contributed by atoms with van der Waals surface area (Å²) >= 11 is 0. The Kier molecular flexibility index (Phi) is 4.00. The van der Waals surface area contributed by atoms with Crippen LogP contribution in [0.2, 0.25) is 0 Å². The smallest absolute Gasteiger partial charge is 0.221 e. The van der Waals surface area contributed by atoms with Crippen molar-refractivity contribution < 1.29 is 15.0 Å². The number of aliphatic hydroxyl groups excluding tert-OH is 2. The van der Waals surface area contributed by atoms with Gasteiger partial charge in [-0.15, -0.1) is 0 Å². The first-order valence-electron chi connectivity index (χ1n) is 4.68. The van der Waals surface area contributed by atoms with Crippen LogP contribution in [-0.2, 0) is 4.79 Å². The molecular weight excluding hydrogens is 208 g/mol. The van der Waals surface area contributed by atoms with Gasteiger partial charge in [-0.3, -0.25) is 4.79 Å². The minimum absolute atomic E-state index is 0.229. The molecule has 3 N–H and O–H groups in total. The summed E-state index contributed by atoms with van der Waals surface area (Å²) in [5.74, 6) is -0.229. The van der Waals surface area contributed by atoms with Crippen LogP contribution in [0.3, 0.4) is 0 Å². The second kappa shape index (κ2) is 5.26. The van der Waals surface area contributed by atoms with Crippen LogP contribution in [0, 0.1) is 11.3 Å². The topological polar surface area (TPSA) is 93.3 Å². The standard InChI is InChI=1S/C11H12N2O3/c1-7(14)13-9-4-2-3-8(5-9)11(16)10(15)6-12/h2-5,10-11,15-16H,1H3,(H,13,14). The molecule has 0 aliphatic rings. The number of anilines is 1.